The summed E-state index contributed by atoms with van der Waals surface area (Å²) in [4.78, 5) is 16.3. The number of nitrogens with zero attached hydrogens (tertiary/aromatic N) is 1. The molecular weight excluding hydrogens is 240 g/mol. The van der Waals surface area contributed by atoms with Crippen LogP contribution in [0.2, 0.25) is 0 Å². The third-order valence-electron chi connectivity index (χ3n) is 2.73. The van der Waals surface area contributed by atoms with E-state index in [4.69, 9.17) is 5.84 Å². The van der Waals surface area contributed by atoms with Gasteiger partial charge in [0.05, 0.1) is 11.3 Å². The van der Waals surface area contributed by atoms with Gasteiger partial charge in [-0.25, -0.2) is 4.98 Å². The van der Waals surface area contributed by atoms with Crippen molar-refractivity contribution in [2.75, 3.05) is 10.7 Å². The fourth-order valence-electron chi connectivity index (χ4n) is 1.70. The molecule has 0 saturated carbocycles. The highest BCUT2D eigenvalue weighted by Gasteiger charge is 2.11. The fourth-order valence-corrected chi connectivity index (χ4v) is 1.70. The molecule has 19 heavy (non-hydrogen) atoms. The summed E-state index contributed by atoms with van der Waals surface area (Å²) in [6.45, 7) is 3.86. The SMILES string of the molecule is Cc1ccc(NC(=O)c2cc(C)ccc2NN)nc1. The van der Waals surface area contributed by atoms with Gasteiger partial charge in [0, 0.05) is 6.20 Å². The number of anilines is 2. The van der Waals surface area contributed by atoms with E-state index in [1.807, 2.05) is 26.0 Å². The van der Waals surface area contributed by atoms with Gasteiger partial charge in [0.15, 0.2) is 0 Å². The molecule has 5 nitrogen and oxygen atoms in total. The number of nitrogens with one attached hydrogen (secondary N) is 2. The van der Waals surface area contributed by atoms with Crippen molar-refractivity contribution >= 4 is 17.4 Å². The maximum absolute atomic E-state index is 12.2. The molecule has 4 N–H and O–H groups in total. The smallest absolute Gasteiger partial charge is 0.258 e. The van der Waals surface area contributed by atoms with Crippen LogP contribution in [-0.4, -0.2) is 10.9 Å². The lowest BCUT2D eigenvalue weighted by atomic mass is 10.1. The highest BCUT2D eigenvalue weighted by molar-refractivity contribution is 6.07. The Labute approximate surface area is 111 Å². The van der Waals surface area contributed by atoms with Gasteiger partial charge in [0.2, 0.25) is 0 Å². The second-order valence-electron chi connectivity index (χ2n) is 4.37. The predicted molar refractivity (Wildman–Crippen MR) is 75.9 cm³/mol. The Balaban J connectivity index is 2.24. The first-order chi connectivity index (χ1) is 9.10. The number of benzene rings is 1. The van der Waals surface area contributed by atoms with Crippen molar-refractivity contribution in [1.82, 2.24) is 4.98 Å². The van der Waals surface area contributed by atoms with Crippen LogP contribution in [0.1, 0.15) is 21.5 Å². The van der Waals surface area contributed by atoms with Crippen molar-refractivity contribution in [3.05, 3.63) is 53.2 Å². The van der Waals surface area contributed by atoms with Crippen molar-refractivity contribution < 1.29 is 4.79 Å². The van der Waals surface area contributed by atoms with Crippen LogP contribution in [0.25, 0.3) is 0 Å². The molecule has 0 radical (unpaired) electrons. The summed E-state index contributed by atoms with van der Waals surface area (Å²) in [6, 6.07) is 9.08. The van der Waals surface area contributed by atoms with Crippen LogP contribution in [0.3, 0.4) is 0 Å². The van der Waals surface area contributed by atoms with Gasteiger partial charge in [-0.2, -0.15) is 0 Å². The second kappa shape index (κ2) is 5.49. The summed E-state index contributed by atoms with van der Waals surface area (Å²) >= 11 is 0. The first kappa shape index (κ1) is 13.0. The molecule has 2 rings (SSSR count). The number of aromatic nitrogens is 1. The molecule has 0 atom stereocenters. The van der Waals surface area contributed by atoms with Gasteiger partial charge < -0.3 is 10.7 Å². The Bertz CT molecular complexity index is 593. The maximum atomic E-state index is 12.2. The van der Waals surface area contributed by atoms with Crippen molar-refractivity contribution in [3.63, 3.8) is 0 Å². The van der Waals surface area contributed by atoms with Gasteiger partial charge in [0.1, 0.15) is 5.82 Å². The van der Waals surface area contributed by atoms with E-state index in [1.54, 1.807) is 24.4 Å². The van der Waals surface area contributed by atoms with E-state index in [9.17, 15) is 4.79 Å². The molecule has 1 amide bonds. The van der Waals surface area contributed by atoms with E-state index in [0.29, 0.717) is 17.1 Å². The number of rotatable bonds is 3. The van der Waals surface area contributed by atoms with Crippen LogP contribution >= 0.6 is 0 Å². The molecule has 0 saturated heterocycles. The lowest BCUT2D eigenvalue weighted by molar-refractivity contribution is 0.102. The first-order valence-corrected chi connectivity index (χ1v) is 5.91. The number of aryl methyl sites for hydroxylation is 2. The summed E-state index contributed by atoms with van der Waals surface area (Å²) in [5.74, 6) is 5.68. The summed E-state index contributed by atoms with van der Waals surface area (Å²) in [7, 11) is 0. The third kappa shape index (κ3) is 3.08. The van der Waals surface area contributed by atoms with E-state index in [-0.39, 0.29) is 5.91 Å². The van der Waals surface area contributed by atoms with Gasteiger partial charge >= 0.3 is 0 Å². The Kier molecular flexibility index (Phi) is 3.77. The number of hydrazine groups is 1. The molecule has 0 fully saturated rings. The molecule has 1 aromatic heterocycles. The minimum Gasteiger partial charge on any atom is -0.323 e. The summed E-state index contributed by atoms with van der Waals surface area (Å²) in [6.07, 6.45) is 1.70. The summed E-state index contributed by atoms with van der Waals surface area (Å²) < 4.78 is 0. The number of carbonyl (C=O) groups excluding carboxylic acids is 1. The predicted octanol–water partition coefficient (Wildman–Crippen LogP) is 2.24. The van der Waals surface area contributed by atoms with Crippen molar-refractivity contribution in [1.29, 1.82) is 0 Å². The summed E-state index contributed by atoms with van der Waals surface area (Å²) in [5, 5.41) is 2.74. The Hall–Kier alpha value is -2.40. The molecule has 0 spiro atoms. The average Bonchev–Trinajstić information content (AvgIpc) is 2.41. The lowest BCUT2D eigenvalue weighted by Gasteiger charge is -2.10. The van der Waals surface area contributed by atoms with Crippen LogP contribution in [0, 0.1) is 13.8 Å². The van der Waals surface area contributed by atoms with E-state index >= 15 is 0 Å². The molecule has 0 aliphatic rings. The van der Waals surface area contributed by atoms with Crippen LogP contribution in [0.5, 0.6) is 0 Å². The van der Waals surface area contributed by atoms with E-state index < -0.39 is 0 Å². The minimum absolute atomic E-state index is 0.243. The molecule has 1 aromatic carbocycles. The number of nitrogen functional groups attached to an aromatic ring is 1. The van der Waals surface area contributed by atoms with Gasteiger partial charge in [-0.15, -0.1) is 0 Å². The van der Waals surface area contributed by atoms with Crippen molar-refractivity contribution in [3.8, 4) is 0 Å². The zero-order valence-electron chi connectivity index (χ0n) is 10.9. The maximum Gasteiger partial charge on any atom is 0.258 e. The Morgan fingerprint density at radius 2 is 1.89 bits per heavy atom. The number of hydrogen-bond donors (Lipinski definition) is 3. The van der Waals surface area contributed by atoms with Gasteiger partial charge in [-0.3, -0.25) is 10.6 Å². The van der Waals surface area contributed by atoms with E-state index in [2.05, 4.69) is 15.7 Å². The zero-order valence-corrected chi connectivity index (χ0v) is 10.9. The largest absolute Gasteiger partial charge is 0.323 e. The van der Waals surface area contributed by atoms with Crippen LogP contribution in [-0.2, 0) is 0 Å². The lowest BCUT2D eigenvalue weighted by Crippen LogP contribution is -2.18. The van der Waals surface area contributed by atoms with E-state index in [1.165, 1.54) is 0 Å². The van der Waals surface area contributed by atoms with Gasteiger partial charge in [-0.05, 0) is 37.6 Å². The normalized spacial score (nSPS) is 10.1. The monoisotopic (exact) mass is 256 g/mol. The van der Waals surface area contributed by atoms with Crippen molar-refractivity contribution in [2.45, 2.75) is 13.8 Å². The quantitative estimate of drug-likeness (QED) is 0.581. The van der Waals surface area contributed by atoms with Crippen LogP contribution < -0.4 is 16.6 Å². The molecule has 0 unspecified atom stereocenters. The third-order valence-corrected chi connectivity index (χ3v) is 2.73. The van der Waals surface area contributed by atoms with Gasteiger partial charge in [-0.1, -0.05) is 17.7 Å². The Morgan fingerprint density at radius 3 is 2.53 bits per heavy atom. The van der Waals surface area contributed by atoms with Crippen LogP contribution in [0.15, 0.2) is 36.5 Å². The molecule has 2 aromatic rings. The van der Waals surface area contributed by atoms with E-state index in [0.717, 1.165) is 11.1 Å². The van der Waals surface area contributed by atoms with Crippen molar-refractivity contribution in [2.24, 2.45) is 5.84 Å². The number of nitrogens with two attached hydrogens (primary N) is 1. The summed E-state index contributed by atoms with van der Waals surface area (Å²) in [5.41, 5.74) is 5.61. The standard InChI is InChI=1S/C14H16N4O/c1-9-3-5-12(18-15)11(7-9)14(19)17-13-6-4-10(2)8-16-13/h3-8,18H,15H2,1-2H3,(H,16,17,19). The zero-order chi connectivity index (χ0) is 13.8. The first-order valence-electron chi connectivity index (χ1n) is 5.91. The molecule has 5 heteroatoms. The van der Waals surface area contributed by atoms with Gasteiger partial charge in [0.25, 0.3) is 5.91 Å². The molecule has 1 heterocycles. The second-order valence-corrected chi connectivity index (χ2v) is 4.37. The number of amides is 1. The molecule has 98 valence electrons. The Morgan fingerprint density at radius 1 is 1.16 bits per heavy atom. The highest BCUT2D eigenvalue weighted by atomic mass is 16.1. The number of hydrogen-bond acceptors (Lipinski definition) is 4. The molecular formula is C14H16N4O. The molecule has 0 aliphatic heterocycles. The molecule has 0 aliphatic carbocycles. The minimum atomic E-state index is -0.243. The molecule has 0 bridgehead atoms. The van der Waals surface area contributed by atoms with Crippen LogP contribution in [0.4, 0.5) is 11.5 Å². The highest BCUT2D eigenvalue weighted by Crippen LogP contribution is 2.17. The number of pyridine rings is 1. The fraction of sp³-hybridized carbons (Fsp3) is 0.143. The number of carbonyl (C=O) groups is 1. The topological polar surface area (TPSA) is 80.0 Å². The average molecular weight is 256 g/mol.